The summed E-state index contributed by atoms with van der Waals surface area (Å²) in [6, 6.07) is 8.38. The normalized spacial score (nSPS) is 33.0. The van der Waals surface area contributed by atoms with Crippen LogP contribution in [0.3, 0.4) is 0 Å². The minimum absolute atomic E-state index is 0.222. The molecular weight excluding hydrogens is 374 g/mol. The number of allylic oxidation sites excluding steroid dienone is 4. The second kappa shape index (κ2) is 7.49. The van der Waals surface area contributed by atoms with Crippen LogP contribution in [0.15, 0.2) is 47.1 Å². The maximum atomic E-state index is 13.0. The highest BCUT2D eigenvalue weighted by atomic mass is 16.5. The van der Waals surface area contributed by atoms with Crippen molar-refractivity contribution in [2.45, 2.75) is 57.8 Å². The van der Waals surface area contributed by atoms with Crippen LogP contribution in [0.1, 0.15) is 63.4 Å². The van der Waals surface area contributed by atoms with Crippen molar-refractivity contribution >= 4 is 11.6 Å². The van der Waals surface area contributed by atoms with Gasteiger partial charge in [-0.05, 0) is 78.9 Å². The Bertz CT molecular complexity index is 942. The van der Waals surface area contributed by atoms with Crippen LogP contribution in [-0.2, 0) is 9.59 Å². The highest BCUT2D eigenvalue weighted by molar-refractivity contribution is 5.93. The van der Waals surface area contributed by atoms with E-state index in [1.54, 1.807) is 0 Å². The lowest BCUT2D eigenvalue weighted by atomic mass is 9.53. The maximum Gasteiger partial charge on any atom is 0.156 e. The van der Waals surface area contributed by atoms with Gasteiger partial charge in [-0.1, -0.05) is 24.6 Å². The summed E-state index contributed by atoms with van der Waals surface area (Å²) in [6.45, 7) is 3.23. The van der Waals surface area contributed by atoms with Gasteiger partial charge >= 0.3 is 0 Å². The number of benzene rings is 1. The molecule has 0 saturated heterocycles. The van der Waals surface area contributed by atoms with E-state index in [0.29, 0.717) is 37.2 Å². The monoisotopic (exact) mass is 405 g/mol. The summed E-state index contributed by atoms with van der Waals surface area (Å²) in [5, 5.41) is 0. The molecule has 0 aromatic heterocycles. The molecule has 2 N–H and O–H groups in total. The summed E-state index contributed by atoms with van der Waals surface area (Å²) in [5.74, 6) is 2.72. The molecule has 4 atom stereocenters. The highest BCUT2D eigenvalue weighted by Gasteiger charge is 2.56. The molecule has 158 valence electrons. The summed E-state index contributed by atoms with van der Waals surface area (Å²) in [4.78, 5) is 25.0. The Morgan fingerprint density at radius 3 is 2.63 bits per heavy atom. The van der Waals surface area contributed by atoms with Crippen LogP contribution in [0.4, 0.5) is 0 Å². The quantitative estimate of drug-likeness (QED) is 0.801. The number of hydrogen-bond acceptors (Lipinski definition) is 4. The van der Waals surface area contributed by atoms with Crippen LogP contribution in [-0.4, -0.2) is 24.7 Å². The summed E-state index contributed by atoms with van der Waals surface area (Å²) in [5.41, 5.74) is 10.8. The van der Waals surface area contributed by atoms with Gasteiger partial charge in [-0.15, -0.1) is 0 Å². The molecule has 1 aromatic carbocycles. The van der Waals surface area contributed by atoms with Gasteiger partial charge in [0.15, 0.2) is 5.78 Å². The first-order valence-electron chi connectivity index (χ1n) is 11.4. The first-order valence-corrected chi connectivity index (χ1v) is 11.4. The fourth-order valence-electron chi connectivity index (χ4n) is 6.70. The zero-order chi connectivity index (χ0) is 20.9. The molecule has 0 heterocycles. The molecule has 1 aromatic rings. The Morgan fingerprint density at radius 1 is 1.07 bits per heavy atom. The van der Waals surface area contributed by atoms with Crippen LogP contribution in [0.5, 0.6) is 5.75 Å². The van der Waals surface area contributed by atoms with Crippen LogP contribution in [0, 0.1) is 17.3 Å². The van der Waals surface area contributed by atoms with Crippen LogP contribution >= 0.6 is 0 Å². The first-order chi connectivity index (χ1) is 14.5. The Labute approximate surface area is 178 Å². The molecule has 4 nitrogen and oxygen atoms in total. The number of hydrogen-bond donors (Lipinski definition) is 1. The van der Waals surface area contributed by atoms with E-state index >= 15 is 0 Å². The summed E-state index contributed by atoms with van der Waals surface area (Å²) >= 11 is 0. The van der Waals surface area contributed by atoms with Crippen LogP contribution < -0.4 is 10.5 Å². The van der Waals surface area contributed by atoms with E-state index in [0.717, 1.165) is 44.3 Å². The Kier molecular flexibility index (Phi) is 4.93. The number of carbonyl (C=O) groups excluding carboxylic acids is 2. The number of fused-ring (bicyclic) bond motifs is 4. The average molecular weight is 406 g/mol. The van der Waals surface area contributed by atoms with Crippen LogP contribution in [0.2, 0.25) is 0 Å². The van der Waals surface area contributed by atoms with Crippen LogP contribution in [0.25, 0.3) is 0 Å². The Balaban J connectivity index is 1.59. The smallest absolute Gasteiger partial charge is 0.156 e. The molecule has 2 unspecified atom stereocenters. The van der Waals surface area contributed by atoms with E-state index in [1.807, 2.05) is 18.2 Å². The molecule has 4 aliphatic rings. The minimum Gasteiger partial charge on any atom is -0.492 e. The molecule has 5 rings (SSSR count). The predicted molar refractivity (Wildman–Crippen MR) is 116 cm³/mol. The number of nitrogens with two attached hydrogens (primary N) is 1. The maximum absolute atomic E-state index is 13.0. The van der Waals surface area contributed by atoms with E-state index in [-0.39, 0.29) is 17.1 Å². The van der Waals surface area contributed by atoms with Crippen molar-refractivity contribution < 1.29 is 14.3 Å². The number of Topliss-reactive ketones (excluding diaryl/α,β-unsaturated/α-hetero) is 1. The lowest BCUT2D eigenvalue weighted by Crippen LogP contribution is -2.43. The molecule has 30 heavy (non-hydrogen) atoms. The van der Waals surface area contributed by atoms with Gasteiger partial charge in [0.05, 0.1) is 0 Å². The second-order valence-electron chi connectivity index (χ2n) is 9.66. The molecule has 2 fully saturated rings. The molecule has 0 spiro atoms. The third kappa shape index (κ3) is 3.08. The van der Waals surface area contributed by atoms with Crippen molar-refractivity contribution in [1.82, 2.24) is 0 Å². The fraction of sp³-hybridized carbons (Fsp3) is 0.538. The summed E-state index contributed by atoms with van der Waals surface area (Å²) in [6.07, 6.45) is 8.06. The molecular formula is C26H31NO3. The standard InChI is InChI=1S/C26H31NO3/c1-26-15-22(16-2-6-19(7-3-16)30-13-12-27)25-20-9-5-18(28)14-17(20)4-8-21(25)23(26)10-11-24(26)29/h2-3,6-7,14,21-23H,4-5,8-13,15,27H2,1H3/t21?,22-,23?,26+/m1/s1. The number of ether oxygens (including phenoxy) is 1. The molecule has 4 heteroatoms. The van der Waals surface area contributed by atoms with Gasteiger partial charge in [-0.25, -0.2) is 0 Å². The second-order valence-corrected chi connectivity index (χ2v) is 9.66. The van der Waals surface area contributed by atoms with Gasteiger partial charge in [-0.2, -0.15) is 0 Å². The van der Waals surface area contributed by atoms with E-state index < -0.39 is 0 Å². The van der Waals surface area contributed by atoms with E-state index in [4.69, 9.17) is 10.5 Å². The SMILES string of the molecule is C[C@]12C[C@H](c3ccc(OCCN)cc3)C3=C4CCC(=O)C=C4CCC3C1CCC2=O. The molecule has 0 amide bonds. The Hall–Kier alpha value is -2.20. The number of rotatable bonds is 4. The average Bonchev–Trinajstić information content (AvgIpc) is 3.06. The predicted octanol–water partition coefficient (Wildman–Crippen LogP) is 4.49. The van der Waals surface area contributed by atoms with Gasteiger partial charge in [0.1, 0.15) is 18.1 Å². The third-order valence-electron chi connectivity index (χ3n) is 8.11. The van der Waals surface area contributed by atoms with E-state index in [2.05, 4.69) is 19.1 Å². The fourth-order valence-corrected chi connectivity index (χ4v) is 6.70. The van der Waals surface area contributed by atoms with E-state index in [1.165, 1.54) is 22.3 Å². The summed E-state index contributed by atoms with van der Waals surface area (Å²) < 4.78 is 5.67. The largest absolute Gasteiger partial charge is 0.492 e. The molecule has 4 aliphatic carbocycles. The number of ketones is 2. The van der Waals surface area contributed by atoms with Gasteiger partial charge in [0.2, 0.25) is 0 Å². The first kappa shape index (κ1) is 19.7. The number of carbonyl (C=O) groups is 2. The third-order valence-corrected chi connectivity index (χ3v) is 8.11. The zero-order valence-corrected chi connectivity index (χ0v) is 17.8. The molecule has 0 aliphatic heterocycles. The van der Waals surface area contributed by atoms with Crippen molar-refractivity contribution in [3.8, 4) is 5.75 Å². The van der Waals surface area contributed by atoms with Crippen molar-refractivity contribution in [1.29, 1.82) is 0 Å². The zero-order valence-electron chi connectivity index (χ0n) is 17.8. The minimum atomic E-state index is -0.222. The van der Waals surface area contributed by atoms with E-state index in [9.17, 15) is 9.59 Å². The topological polar surface area (TPSA) is 69.4 Å². The Morgan fingerprint density at radius 2 is 1.87 bits per heavy atom. The summed E-state index contributed by atoms with van der Waals surface area (Å²) in [7, 11) is 0. The molecule has 0 bridgehead atoms. The van der Waals surface area contributed by atoms with Crippen molar-refractivity contribution in [3.63, 3.8) is 0 Å². The van der Waals surface area contributed by atoms with Gasteiger partial charge in [0, 0.05) is 30.7 Å². The molecule has 0 radical (unpaired) electrons. The molecule has 2 saturated carbocycles. The van der Waals surface area contributed by atoms with Crippen molar-refractivity contribution in [3.05, 3.63) is 52.6 Å². The van der Waals surface area contributed by atoms with Gasteiger partial charge < -0.3 is 10.5 Å². The van der Waals surface area contributed by atoms with Crippen molar-refractivity contribution in [2.24, 2.45) is 23.0 Å². The van der Waals surface area contributed by atoms with Gasteiger partial charge in [-0.3, -0.25) is 9.59 Å². The van der Waals surface area contributed by atoms with Crippen molar-refractivity contribution in [2.75, 3.05) is 13.2 Å². The van der Waals surface area contributed by atoms with Gasteiger partial charge in [0.25, 0.3) is 0 Å². The highest BCUT2D eigenvalue weighted by Crippen LogP contribution is 2.62. The lowest BCUT2D eigenvalue weighted by Gasteiger charge is -2.50. The lowest BCUT2D eigenvalue weighted by molar-refractivity contribution is -0.128.